The van der Waals surface area contributed by atoms with Gasteiger partial charge in [-0.15, -0.1) is 11.3 Å². The molecule has 2 fully saturated rings. The number of carbonyl (C=O) groups excluding carboxylic acids is 2. The predicted octanol–water partition coefficient (Wildman–Crippen LogP) is 4.57. The Morgan fingerprint density at radius 2 is 1.90 bits per heavy atom. The summed E-state index contributed by atoms with van der Waals surface area (Å²) < 4.78 is 1.17. The highest BCUT2D eigenvalue weighted by atomic mass is 32.1. The fourth-order valence-corrected chi connectivity index (χ4v) is 6.96. The highest BCUT2D eigenvalue weighted by Gasteiger charge is 2.35. The molecule has 2 atom stereocenters. The minimum Gasteiger partial charge on any atom is -0.383 e. The number of hydrogen-bond acceptors (Lipinski definition) is 8. The molecule has 6 rings (SSSR count). The highest BCUT2D eigenvalue weighted by Crippen LogP contribution is 2.38. The molecule has 0 bridgehead atoms. The van der Waals surface area contributed by atoms with E-state index in [1.54, 1.807) is 34.7 Å². The number of pyridine rings is 2. The number of nitrogens with two attached hydrogens (primary N) is 1. The number of aromatic nitrogens is 3. The summed E-state index contributed by atoms with van der Waals surface area (Å²) in [4.78, 5) is 44.2. The van der Waals surface area contributed by atoms with E-state index in [1.165, 1.54) is 15.9 Å². The molecule has 0 saturated carbocycles. The molecule has 0 aliphatic carbocycles. The van der Waals surface area contributed by atoms with E-state index in [-0.39, 0.29) is 6.04 Å². The standard InChI is InChI=1S/C29H33N7O2S/c1-17-3-5-24(19-4-6-25-22(13-19)34-28(39-25)18-8-11-35(2)12-9-18)36(16-17)29(38)27(37)33-23-15-31-14-21-20(23)7-10-32-26(21)30/h4,6-7,10,13-15,17-18,24H,3,5,8-9,11-12,16H2,1-2H3,(H2,30,32)(H,33,37)/t17-,24+/m0/s1. The number of nitrogens with zero attached hydrogens (tertiary/aromatic N) is 5. The Bertz CT molecular complexity index is 1550. The van der Waals surface area contributed by atoms with Gasteiger partial charge in [-0.05, 0) is 75.5 Å². The van der Waals surface area contributed by atoms with Gasteiger partial charge < -0.3 is 20.9 Å². The van der Waals surface area contributed by atoms with Crippen LogP contribution in [0.3, 0.4) is 0 Å². The van der Waals surface area contributed by atoms with Crippen LogP contribution in [0.5, 0.6) is 0 Å². The van der Waals surface area contributed by atoms with Crippen LogP contribution in [-0.2, 0) is 9.59 Å². The molecule has 0 radical (unpaired) electrons. The van der Waals surface area contributed by atoms with E-state index in [0.717, 1.165) is 49.9 Å². The number of piperidine rings is 2. The zero-order valence-electron chi connectivity index (χ0n) is 22.3. The third kappa shape index (κ3) is 5.06. The Morgan fingerprint density at radius 3 is 2.72 bits per heavy atom. The maximum absolute atomic E-state index is 13.6. The first kappa shape index (κ1) is 25.6. The van der Waals surface area contributed by atoms with Gasteiger partial charge in [-0.1, -0.05) is 13.0 Å². The molecular weight excluding hydrogens is 510 g/mol. The van der Waals surface area contributed by atoms with Gasteiger partial charge in [0.15, 0.2) is 0 Å². The van der Waals surface area contributed by atoms with Crippen LogP contribution < -0.4 is 11.1 Å². The maximum atomic E-state index is 13.6. The number of nitrogens with one attached hydrogen (secondary N) is 1. The van der Waals surface area contributed by atoms with Gasteiger partial charge >= 0.3 is 11.8 Å². The van der Waals surface area contributed by atoms with E-state index in [0.29, 0.717) is 40.7 Å². The van der Waals surface area contributed by atoms with Crippen LogP contribution in [0.2, 0.25) is 0 Å². The minimum atomic E-state index is -0.682. The van der Waals surface area contributed by atoms with Crippen molar-refractivity contribution in [3.05, 3.63) is 53.4 Å². The quantitative estimate of drug-likeness (QED) is 0.364. The smallest absolute Gasteiger partial charge is 0.313 e. The molecule has 1 aromatic carbocycles. The summed E-state index contributed by atoms with van der Waals surface area (Å²) in [6, 6.07) is 7.92. The number of carbonyl (C=O) groups is 2. The number of anilines is 2. The van der Waals surface area contributed by atoms with Crippen molar-refractivity contribution in [2.24, 2.45) is 5.92 Å². The third-order valence-corrected chi connectivity index (χ3v) is 9.32. The summed E-state index contributed by atoms with van der Waals surface area (Å²) in [6.45, 7) is 4.85. The fourth-order valence-electron chi connectivity index (χ4n) is 5.84. The van der Waals surface area contributed by atoms with Gasteiger partial charge in [0.1, 0.15) is 5.82 Å². The van der Waals surface area contributed by atoms with Crippen LogP contribution in [0.25, 0.3) is 21.0 Å². The topological polar surface area (TPSA) is 117 Å². The lowest BCUT2D eigenvalue weighted by Crippen LogP contribution is -2.46. The molecule has 202 valence electrons. The molecule has 0 spiro atoms. The first-order valence-electron chi connectivity index (χ1n) is 13.6. The van der Waals surface area contributed by atoms with Crippen molar-refractivity contribution in [1.29, 1.82) is 0 Å². The van der Waals surface area contributed by atoms with Crippen molar-refractivity contribution >= 4 is 55.6 Å². The zero-order chi connectivity index (χ0) is 27.1. The van der Waals surface area contributed by atoms with Crippen molar-refractivity contribution in [3.63, 3.8) is 0 Å². The summed E-state index contributed by atoms with van der Waals surface area (Å²) >= 11 is 1.78. The Kier molecular flexibility index (Phi) is 6.90. The Hall–Kier alpha value is -3.63. The molecule has 9 nitrogen and oxygen atoms in total. The van der Waals surface area contributed by atoms with E-state index in [9.17, 15) is 9.59 Å². The summed E-state index contributed by atoms with van der Waals surface area (Å²) in [7, 11) is 2.17. The second kappa shape index (κ2) is 10.5. The monoisotopic (exact) mass is 543 g/mol. The van der Waals surface area contributed by atoms with Gasteiger partial charge in [-0.25, -0.2) is 9.97 Å². The van der Waals surface area contributed by atoms with Gasteiger partial charge in [0.25, 0.3) is 0 Å². The molecule has 39 heavy (non-hydrogen) atoms. The van der Waals surface area contributed by atoms with Gasteiger partial charge in [0.2, 0.25) is 0 Å². The van der Waals surface area contributed by atoms with E-state index in [1.807, 2.05) is 0 Å². The number of thiazole rings is 1. The van der Waals surface area contributed by atoms with Gasteiger partial charge in [0.05, 0.1) is 33.2 Å². The zero-order valence-corrected chi connectivity index (χ0v) is 23.1. The average molecular weight is 544 g/mol. The SMILES string of the molecule is C[C@H]1CC[C@H](c2ccc3sc(C4CCN(C)CC4)nc3c2)N(C(=O)C(=O)Nc2cncc3c(N)nccc23)C1. The third-order valence-electron chi connectivity index (χ3n) is 8.12. The molecule has 2 saturated heterocycles. The second-order valence-electron chi connectivity index (χ2n) is 10.9. The van der Waals surface area contributed by atoms with Crippen LogP contribution in [-0.4, -0.2) is 63.2 Å². The molecule has 3 aromatic heterocycles. The number of likely N-dealkylation sites (tertiary alicyclic amines) is 2. The summed E-state index contributed by atoms with van der Waals surface area (Å²) in [5.74, 6) is -0.0889. The second-order valence-corrected chi connectivity index (χ2v) is 12.0. The Labute approximate surface area is 231 Å². The largest absolute Gasteiger partial charge is 0.383 e. The molecule has 4 aromatic rings. The first-order chi connectivity index (χ1) is 18.9. The number of amides is 2. The molecule has 0 unspecified atom stereocenters. The molecule has 5 heterocycles. The Balaban J connectivity index is 1.24. The lowest BCUT2D eigenvalue weighted by Gasteiger charge is -2.38. The van der Waals surface area contributed by atoms with Crippen LogP contribution in [0, 0.1) is 5.92 Å². The first-order valence-corrected chi connectivity index (χ1v) is 14.4. The van der Waals surface area contributed by atoms with Crippen LogP contribution in [0.1, 0.15) is 55.1 Å². The van der Waals surface area contributed by atoms with Crippen molar-refractivity contribution < 1.29 is 9.59 Å². The van der Waals surface area contributed by atoms with Crippen LogP contribution in [0.4, 0.5) is 11.5 Å². The van der Waals surface area contributed by atoms with Crippen molar-refractivity contribution in [3.8, 4) is 0 Å². The van der Waals surface area contributed by atoms with Gasteiger partial charge in [0, 0.05) is 35.6 Å². The van der Waals surface area contributed by atoms with E-state index >= 15 is 0 Å². The number of hydrogen-bond donors (Lipinski definition) is 2. The summed E-state index contributed by atoms with van der Waals surface area (Å²) in [5.41, 5.74) is 8.42. The molecule has 3 N–H and O–H groups in total. The van der Waals surface area contributed by atoms with Gasteiger partial charge in [-0.2, -0.15) is 0 Å². The van der Waals surface area contributed by atoms with Crippen molar-refractivity contribution in [1.82, 2.24) is 24.8 Å². The Morgan fingerprint density at radius 1 is 1.08 bits per heavy atom. The number of fused-ring (bicyclic) bond motifs is 2. The molecule has 10 heteroatoms. The van der Waals surface area contributed by atoms with E-state index in [4.69, 9.17) is 10.7 Å². The van der Waals surface area contributed by atoms with Crippen molar-refractivity contribution in [2.75, 3.05) is 37.7 Å². The lowest BCUT2D eigenvalue weighted by atomic mass is 9.89. The fraction of sp³-hybridized carbons (Fsp3) is 0.414. The highest BCUT2D eigenvalue weighted by molar-refractivity contribution is 7.18. The van der Waals surface area contributed by atoms with Crippen molar-refractivity contribution in [2.45, 2.75) is 44.6 Å². The number of rotatable bonds is 3. The predicted molar refractivity (Wildman–Crippen MR) is 155 cm³/mol. The molecule has 2 aliphatic heterocycles. The number of benzene rings is 1. The number of nitrogen functional groups attached to an aromatic ring is 1. The molecular formula is C29H33N7O2S. The molecule has 2 aliphatic rings. The van der Waals surface area contributed by atoms with Crippen LogP contribution >= 0.6 is 11.3 Å². The maximum Gasteiger partial charge on any atom is 0.313 e. The summed E-state index contributed by atoms with van der Waals surface area (Å²) in [6.07, 6.45) is 8.77. The minimum absolute atomic E-state index is 0.178. The summed E-state index contributed by atoms with van der Waals surface area (Å²) in [5, 5.41) is 5.31. The average Bonchev–Trinajstić information content (AvgIpc) is 3.37. The molecule has 2 amide bonds. The van der Waals surface area contributed by atoms with Crippen LogP contribution in [0.15, 0.2) is 42.9 Å². The van der Waals surface area contributed by atoms with Gasteiger partial charge in [-0.3, -0.25) is 14.6 Å². The normalized spacial score (nSPS) is 20.9. The lowest BCUT2D eigenvalue weighted by molar-refractivity contribution is -0.146. The van der Waals surface area contributed by atoms with E-state index in [2.05, 4.69) is 52.4 Å². The van der Waals surface area contributed by atoms with E-state index < -0.39 is 11.8 Å².